The number of rotatable bonds is 8. The minimum atomic E-state index is -0.585. The lowest BCUT2D eigenvalue weighted by atomic mass is 9.94. The van der Waals surface area contributed by atoms with E-state index in [1.54, 1.807) is 31.3 Å². The number of benzene rings is 1. The van der Waals surface area contributed by atoms with Gasteiger partial charge in [-0.15, -0.1) is 11.8 Å². The first-order valence-electron chi connectivity index (χ1n) is 10.9. The van der Waals surface area contributed by atoms with Crippen LogP contribution in [0.25, 0.3) is 0 Å². The molecule has 1 unspecified atom stereocenters. The van der Waals surface area contributed by atoms with Crippen LogP contribution in [0, 0.1) is 0 Å². The third kappa shape index (κ3) is 4.72. The van der Waals surface area contributed by atoms with Crippen molar-refractivity contribution in [2.24, 2.45) is 5.73 Å². The number of hydrogen-bond acceptors (Lipinski definition) is 7. The summed E-state index contributed by atoms with van der Waals surface area (Å²) in [6, 6.07) is 8.42. The van der Waals surface area contributed by atoms with Gasteiger partial charge in [0.2, 0.25) is 11.8 Å². The third-order valence-corrected chi connectivity index (χ3v) is 7.09. The van der Waals surface area contributed by atoms with Crippen LogP contribution in [-0.4, -0.2) is 48.1 Å². The Labute approximate surface area is 201 Å². The Hall–Kier alpha value is -3.53. The van der Waals surface area contributed by atoms with E-state index < -0.39 is 5.91 Å². The molecule has 1 aliphatic heterocycles. The molecule has 1 aromatic heterocycles. The Bertz CT molecular complexity index is 1150. The van der Waals surface area contributed by atoms with Gasteiger partial charge in [-0.3, -0.25) is 19.3 Å². The fourth-order valence-electron chi connectivity index (χ4n) is 4.20. The summed E-state index contributed by atoms with van der Waals surface area (Å²) in [5, 5.41) is 2.44. The number of hydrogen-bond donors (Lipinski definition) is 2. The highest BCUT2D eigenvalue weighted by atomic mass is 32.2. The van der Waals surface area contributed by atoms with Gasteiger partial charge in [-0.25, -0.2) is 4.98 Å². The van der Waals surface area contributed by atoms with E-state index in [1.165, 1.54) is 30.1 Å². The lowest BCUT2D eigenvalue weighted by Gasteiger charge is -2.27. The van der Waals surface area contributed by atoms with Crippen molar-refractivity contribution in [2.75, 3.05) is 30.2 Å². The van der Waals surface area contributed by atoms with Crippen LogP contribution in [0.5, 0.6) is 11.5 Å². The normalized spacial score (nSPS) is 17.4. The number of ether oxygens (including phenoxy) is 2. The second-order valence-corrected chi connectivity index (χ2v) is 9.00. The van der Waals surface area contributed by atoms with E-state index in [1.807, 2.05) is 6.07 Å². The average molecular weight is 483 g/mol. The highest BCUT2D eigenvalue weighted by molar-refractivity contribution is 8.00. The van der Waals surface area contributed by atoms with Crippen LogP contribution in [0.3, 0.4) is 0 Å². The lowest BCUT2D eigenvalue weighted by Crippen LogP contribution is -2.34. The Kier molecular flexibility index (Phi) is 7.06. The number of anilines is 2. The van der Waals surface area contributed by atoms with E-state index in [-0.39, 0.29) is 28.5 Å². The Morgan fingerprint density at radius 2 is 1.91 bits per heavy atom. The van der Waals surface area contributed by atoms with Crippen molar-refractivity contribution in [3.8, 4) is 11.5 Å². The summed E-state index contributed by atoms with van der Waals surface area (Å²) >= 11 is 1.40. The molecular weight excluding hydrogens is 456 g/mol. The Balaban J connectivity index is 1.52. The van der Waals surface area contributed by atoms with Gasteiger partial charge in [0.1, 0.15) is 11.2 Å². The molecule has 0 saturated heterocycles. The maximum Gasteiger partial charge on any atom is 0.255 e. The van der Waals surface area contributed by atoms with Crippen molar-refractivity contribution in [3.63, 3.8) is 0 Å². The Morgan fingerprint density at radius 1 is 1.15 bits per heavy atom. The second-order valence-electron chi connectivity index (χ2n) is 7.93. The molecule has 0 radical (unpaired) electrons. The molecule has 3 amide bonds. The van der Waals surface area contributed by atoms with E-state index in [9.17, 15) is 14.4 Å². The fraction of sp³-hybridized carbons (Fsp3) is 0.333. The molecule has 4 rings (SSSR count). The highest BCUT2D eigenvalue weighted by Crippen LogP contribution is 2.44. The van der Waals surface area contributed by atoms with Crippen molar-refractivity contribution >= 4 is 41.0 Å². The van der Waals surface area contributed by atoms with Crippen LogP contribution in [0.1, 0.15) is 36.0 Å². The second kappa shape index (κ2) is 10.2. The van der Waals surface area contributed by atoms with Crippen LogP contribution in [0.2, 0.25) is 0 Å². The largest absolute Gasteiger partial charge is 0.493 e. The van der Waals surface area contributed by atoms with E-state index in [0.29, 0.717) is 23.0 Å². The van der Waals surface area contributed by atoms with E-state index in [0.717, 1.165) is 36.8 Å². The van der Waals surface area contributed by atoms with Crippen molar-refractivity contribution in [2.45, 2.75) is 31.1 Å². The van der Waals surface area contributed by atoms with Crippen LogP contribution in [0.15, 0.2) is 47.7 Å². The zero-order chi connectivity index (χ0) is 24.2. The minimum absolute atomic E-state index is 0.0245. The molecule has 1 aliphatic carbocycles. The van der Waals surface area contributed by atoms with Crippen molar-refractivity contribution in [1.29, 1.82) is 0 Å². The van der Waals surface area contributed by atoms with Crippen molar-refractivity contribution in [1.82, 2.24) is 4.98 Å². The molecule has 2 aromatic rings. The molecular formula is C24H26N4O5S. The summed E-state index contributed by atoms with van der Waals surface area (Å²) in [6.07, 6.45) is 4.90. The summed E-state index contributed by atoms with van der Waals surface area (Å²) in [4.78, 5) is 43.0. The first kappa shape index (κ1) is 23.6. The molecule has 178 valence electrons. The van der Waals surface area contributed by atoms with E-state index in [2.05, 4.69) is 10.3 Å². The van der Waals surface area contributed by atoms with Gasteiger partial charge < -0.3 is 20.5 Å². The summed E-state index contributed by atoms with van der Waals surface area (Å²) in [6.45, 7) is 0. The minimum Gasteiger partial charge on any atom is -0.493 e. The zero-order valence-corrected chi connectivity index (χ0v) is 19.8. The number of thioether (sulfide) groups is 1. The van der Waals surface area contributed by atoms with Gasteiger partial charge in [0.25, 0.3) is 5.91 Å². The molecule has 34 heavy (non-hydrogen) atoms. The van der Waals surface area contributed by atoms with Gasteiger partial charge in [0.15, 0.2) is 11.5 Å². The number of primary amides is 1. The summed E-state index contributed by atoms with van der Waals surface area (Å²) < 4.78 is 10.8. The van der Waals surface area contributed by atoms with E-state index in [4.69, 9.17) is 15.2 Å². The van der Waals surface area contributed by atoms with Gasteiger partial charge in [-0.05, 0) is 55.5 Å². The van der Waals surface area contributed by atoms with Gasteiger partial charge in [-0.1, -0.05) is 0 Å². The molecule has 0 fully saturated rings. The number of pyridine rings is 1. The van der Waals surface area contributed by atoms with Crippen molar-refractivity contribution in [3.05, 3.63) is 53.2 Å². The zero-order valence-electron chi connectivity index (χ0n) is 19.0. The maximum absolute atomic E-state index is 13.4. The standard InChI is InChI=1S/C24H26N4O5S/c1-32-18-9-8-15(11-19(18)33-2)28-23(31)16-5-3-4-6-17(16)24(28)34-13-21(29)27-20-10-7-14(12-26-20)22(25)30/h7-12,24H,3-6,13H2,1-2H3,(H2,25,30)(H,26,27,29). The van der Waals surface area contributed by atoms with Crippen LogP contribution < -0.4 is 25.4 Å². The molecule has 9 nitrogen and oxygen atoms in total. The van der Waals surface area contributed by atoms with Crippen LogP contribution in [-0.2, 0) is 9.59 Å². The summed E-state index contributed by atoms with van der Waals surface area (Å²) in [5.41, 5.74) is 8.12. The number of nitrogens with one attached hydrogen (secondary N) is 1. The van der Waals surface area contributed by atoms with Crippen molar-refractivity contribution < 1.29 is 23.9 Å². The smallest absolute Gasteiger partial charge is 0.255 e. The number of carbonyl (C=O) groups is 3. The number of nitrogens with two attached hydrogens (primary N) is 1. The third-order valence-electron chi connectivity index (χ3n) is 5.85. The molecule has 1 atom stereocenters. The molecule has 0 bridgehead atoms. The first-order chi connectivity index (χ1) is 16.4. The quantitative estimate of drug-likeness (QED) is 0.592. The topological polar surface area (TPSA) is 124 Å². The fourth-order valence-corrected chi connectivity index (χ4v) is 5.41. The maximum atomic E-state index is 13.4. The molecule has 2 heterocycles. The monoisotopic (exact) mass is 482 g/mol. The number of nitrogens with zero attached hydrogens (tertiary/aromatic N) is 2. The molecule has 1 aromatic carbocycles. The van der Waals surface area contributed by atoms with Gasteiger partial charge in [-0.2, -0.15) is 0 Å². The predicted molar refractivity (Wildman–Crippen MR) is 130 cm³/mol. The SMILES string of the molecule is COc1ccc(N2C(=O)C3=C(CCCC3)C2SCC(=O)Nc2ccc(C(N)=O)cn2)cc1OC. The van der Waals surface area contributed by atoms with Gasteiger partial charge >= 0.3 is 0 Å². The molecule has 10 heteroatoms. The Morgan fingerprint density at radius 3 is 2.59 bits per heavy atom. The van der Waals surface area contributed by atoms with Crippen LogP contribution >= 0.6 is 11.8 Å². The summed E-state index contributed by atoms with van der Waals surface area (Å²) in [5.74, 6) is 0.694. The molecule has 2 aliphatic rings. The number of amides is 3. The molecule has 3 N–H and O–H groups in total. The molecule has 0 spiro atoms. The van der Waals surface area contributed by atoms with Gasteiger partial charge in [0.05, 0.1) is 25.5 Å². The number of carbonyl (C=O) groups excluding carboxylic acids is 3. The van der Waals surface area contributed by atoms with E-state index >= 15 is 0 Å². The molecule has 0 saturated carbocycles. The number of aromatic nitrogens is 1. The lowest BCUT2D eigenvalue weighted by molar-refractivity contribution is -0.115. The predicted octanol–water partition coefficient (Wildman–Crippen LogP) is 3.11. The first-order valence-corrected chi connectivity index (χ1v) is 11.9. The van der Waals surface area contributed by atoms with Crippen LogP contribution in [0.4, 0.5) is 11.5 Å². The average Bonchev–Trinajstić information content (AvgIpc) is 3.14. The van der Waals surface area contributed by atoms with Gasteiger partial charge in [0, 0.05) is 23.5 Å². The summed E-state index contributed by atoms with van der Waals surface area (Å²) in [7, 11) is 3.11. The highest BCUT2D eigenvalue weighted by Gasteiger charge is 2.41. The number of methoxy groups -OCH3 is 2.